The largest absolute Gasteiger partial charge is 0.349 e. The molecule has 3 N–H and O–H groups in total. The predicted octanol–water partition coefficient (Wildman–Crippen LogP) is 2.89. The molecule has 0 aromatic heterocycles. The third-order valence-electron chi connectivity index (χ3n) is 4.99. The zero-order valence-electron chi connectivity index (χ0n) is 11.7. The predicted molar refractivity (Wildman–Crippen MR) is 80.3 cm³/mol. The molecule has 0 aliphatic heterocycles. The van der Waals surface area contributed by atoms with Crippen LogP contribution in [0.5, 0.6) is 0 Å². The van der Waals surface area contributed by atoms with E-state index in [1.165, 1.54) is 6.42 Å². The summed E-state index contributed by atoms with van der Waals surface area (Å²) in [5.41, 5.74) is 7.25. The molecule has 0 spiro atoms. The second-order valence-electron chi connectivity index (χ2n) is 6.22. The third-order valence-corrected chi connectivity index (χ3v) is 5.23. The van der Waals surface area contributed by atoms with Crippen molar-refractivity contribution in [1.82, 2.24) is 5.32 Å². The standard InChI is InChI=1S/C16H21ClN2O/c1-9(10-3-2-4-13(17)8-10)19-16(20)14-11-5-6-12(7-11)15(14)18/h2-4,8-9,11-12,14-15H,5-7,18H2,1H3,(H,19,20)/t9-,11?,12?,14?,15?/m1/s1. The van der Waals surface area contributed by atoms with E-state index >= 15 is 0 Å². The van der Waals surface area contributed by atoms with Gasteiger partial charge in [-0.1, -0.05) is 23.7 Å². The third kappa shape index (κ3) is 2.45. The molecule has 1 amide bonds. The number of hydrogen-bond acceptors (Lipinski definition) is 2. The maximum absolute atomic E-state index is 12.5. The Morgan fingerprint density at radius 2 is 2.15 bits per heavy atom. The maximum atomic E-state index is 12.5. The first kappa shape index (κ1) is 13.9. The average molecular weight is 293 g/mol. The molecule has 2 saturated carbocycles. The van der Waals surface area contributed by atoms with Gasteiger partial charge in [0, 0.05) is 11.1 Å². The van der Waals surface area contributed by atoms with Crippen LogP contribution in [-0.4, -0.2) is 11.9 Å². The van der Waals surface area contributed by atoms with Crippen LogP contribution in [0.15, 0.2) is 24.3 Å². The van der Waals surface area contributed by atoms with E-state index in [1.807, 2.05) is 31.2 Å². The average Bonchev–Trinajstić information content (AvgIpc) is 2.99. The summed E-state index contributed by atoms with van der Waals surface area (Å²) in [4.78, 5) is 12.5. The lowest BCUT2D eigenvalue weighted by Gasteiger charge is -2.28. The van der Waals surface area contributed by atoms with Crippen LogP contribution in [0.25, 0.3) is 0 Å². The number of halogens is 1. The van der Waals surface area contributed by atoms with Crippen LogP contribution in [0.1, 0.15) is 37.8 Å². The van der Waals surface area contributed by atoms with Gasteiger partial charge >= 0.3 is 0 Å². The quantitative estimate of drug-likeness (QED) is 0.900. The molecule has 2 bridgehead atoms. The molecule has 3 nitrogen and oxygen atoms in total. The van der Waals surface area contributed by atoms with Gasteiger partial charge in [-0.2, -0.15) is 0 Å². The Bertz CT molecular complexity index is 517. The van der Waals surface area contributed by atoms with Gasteiger partial charge in [-0.25, -0.2) is 0 Å². The van der Waals surface area contributed by atoms with E-state index in [9.17, 15) is 4.79 Å². The SMILES string of the molecule is C[C@@H](NC(=O)C1C2CCC(C2)C1N)c1cccc(Cl)c1. The van der Waals surface area contributed by atoms with E-state index in [-0.39, 0.29) is 23.9 Å². The molecule has 0 radical (unpaired) electrons. The molecular weight excluding hydrogens is 272 g/mol. The summed E-state index contributed by atoms with van der Waals surface area (Å²) in [5, 5.41) is 3.80. The van der Waals surface area contributed by atoms with Crippen molar-refractivity contribution in [3.63, 3.8) is 0 Å². The lowest BCUT2D eigenvalue weighted by atomic mass is 9.84. The molecule has 108 valence electrons. The van der Waals surface area contributed by atoms with E-state index in [4.69, 9.17) is 17.3 Å². The van der Waals surface area contributed by atoms with Gasteiger partial charge in [-0.05, 0) is 55.7 Å². The second kappa shape index (κ2) is 5.38. The molecule has 0 saturated heterocycles. The fourth-order valence-corrected chi connectivity index (χ4v) is 4.09. The van der Waals surface area contributed by atoms with Crippen LogP contribution in [0.2, 0.25) is 5.02 Å². The Kier molecular flexibility index (Phi) is 3.74. The summed E-state index contributed by atoms with van der Waals surface area (Å²) >= 11 is 5.99. The highest BCUT2D eigenvalue weighted by Gasteiger charge is 2.49. The molecule has 2 aliphatic carbocycles. The van der Waals surface area contributed by atoms with Crippen LogP contribution in [0, 0.1) is 17.8 Å². The summed E-state index contributed by atoms with van der Waals surface area (Å²) < 4.78 is 0. The molecule has 4 heteroatoms. The van der Waals surface area contributed by atoms with Crippen LogP contribution in [0.4, 0.5) is 0 Å². The lowest BCUT2D eigenvalue weighted by molar-refractivity contribution is -0.127. The first-order valence-corrected chi connectivity index (χ1v) is 7.75. The van der Waals surface area contributed by atoms with E-state index in [0.29, 0.717) is 16.9 Å². The minimum absolute atomic E-state index is 0.00427. The normalized spacial score (nSPS) is 33.1. The number of carbonyl (C=O) groups is 1. The van der Waals surface area contributed by atoms with Crippen LogP contribution < -0.4 is 11.1 Å². The molecule has 20 heavy (non-hydrogen) atoms. The molecule has 0 heterocycles. The fourth-order valence-electron chi connectivity index (χ4n) is 3.89. The Labute approximate surface area is 124 Å². The zero-order chi connectivity index (χ0) is 14.3. The Balaban J connectivity index is 1.67. The first-order valence-electron chi connectivity index (χ1n) is 7.37. The highest BCUT2D eigenvalue weighted by Crippen LogP contribution is 2.47. The monoisotopic (exact) mass is 292 g/mol. The second-order valence-corrected chi connectivity index (χ2v) is 6.66. The van der Waals surface area contributed by atoms with E-state index in [1.54, 1.807) is 0 Å². The molecule has 4 unspecified atom stereocenters. The van der Waals surface area contributed by atoms with Crippen molar-refractivity contribution < 1.29 is 4.79 Å². The van der Waals surface area contributed by atoms with Crippen molar-refractivity contribution in [1.29, 1.82) is 0 Å². The number of amides is 1. The number of benzene rings is 1. The molecule has 5 atom stereocenters. The van der Waals surface area contributed by atoms with Crippen molar-refractivity contribution in [2.45, 2.75) is 38.3 Å². The van der Waals surface area contributed by atoms with Crippen LogP contribution in [-0.2, 0) is 4.79 Å². The Morgan fingerprint density at radius 3 is 2.80 bits per heavy atom. The van der Waals surface area contributed by atoms with Gasteiger partial charge in [-0.15, -0.1) is 0 Å². The van der Waals surface area contributed by atoms with Crippen molar-refractivity contribution in [3.05, 3.63) is 34.9 Å². The van der Waals surface area contributed by atoms with E-state index in [0.717, 1.165) is 18.4 Å². The van der Waals surface area contributed by atoms with E-state index in [2.05, 4.69) is 5.32 Å². The Hall–Kier alpha value is -1.06. The summed E-state index contributed by atoms with van der Waals surface area (Å²) in [6, 6.07) is 7.63. The van der Waals surface area contributed by atoms with Crippen molar-refractivity contribution in [3.8, 4) is 0 Å². The molecule has 3 rings (SSSR count). The Morgan fingerprint density at radius 1 is 1.40 bits per heavy atom. The fraction of sp³-hybridized carbons (Fsp3) is 0.562. The highest BCUT2D eigenvalue weighted by atomic mass is 35.5. The minimum atomic E-state index is -0.0347. The number of nitrogens with two attached hydrogens (primary N) is 1. The summed E-state index contributed by atoms with van der Waals surface area (Å²) in [5.74, 6) is 1.14. The van der Waals surface area contributed by atoms with Gasteiger partial charge in [0.25, 0.3) is 0 Å². The zero-order valence-corrected chi connectivity index (χ0v) is 12.4. The van der Waals surface area contributed by atoms with Gasteiger partial charge < -0.3 is 11.1 Å². The van der Waals surface area contributed by atoms with Gasteiger partial charge in [0.05, 0.1) is 12.0 Å². The smallest absolute Gasteiger partial charge is 0.225 e. The van der Waals surface area contributed by atoms with Crippen LogP contribution >= 0.6 is 11.6 Å². The highest BCUT2D eigenvalue weighted by molar-refractivity contribution is 6.30. The van der Waals surface area contributed by atoms with Gasteiger partial charge in [0.2, 0.25) is 5.91 Å². The summed E-state index contributed by atoms with van der Waals surface area (Å²) in [6.45, 7) is 1.99. The van der Waals surface area contributed by atoms with Crippen LogP contribution in [0.3, 0.4) is 0 Å². The number of carbonyl (C=O) groups excluding carboxylic acids is 1. The number of rotatable bonds is 3. The van der Waals surface area contributed by atoms with Crippen molar-refractivity contribution in [2.75, 3.05) is 0 Å². The minimum Gasteiger partial charge on any atom is -0.349 e. The van der Waals surface area contributed by atoms with Gasteiger partial charge in [0.15, 0.2) is 0 Å². The summed E-state index contributed by atoms with van der Waals surface area (Å²) in [7, 11) is 0. The van der Waals surface area contributed by atoms with E-state index < -0.39 is 0 Å². The summed E-state index contributed by atoms with van der Waals surface area (Å²) in [6.07, 6.45) is 3.48. The topological polar surface area (TPSA) is 55.1 Å². The molecule has 2 fully saturated rings. The number of fused-ring (bicyclic) bond motifs is 2. The van der Waals surface area contributed by atoms with Crippen molar-refractivity contribution >= 4 is 17.5 Å². The maximum Gasteiger partial charge on any atom is 0.225 e. The lowest BCUT2D eigenvalue weighted by Crippen LogP contribution is -2.45. The van der Waals surface area contributed by atoms with Gasteiger partial charge in [-0.3, -0.25) is 4.79 Å². The molecular formula is C16H21ClN2O. The molecule has 1 aromatic carbocycles. The molecule has 1 aromatic rings. The first-order chi connectivity index (χ1) is 9.56. The number of nitrogens with one attached hydrogen (secondary N) is 1. The number of hydrogen-bond donors (Lipinski definition) is 2. The van der Waals surface area contributed by atoms with Crippen molar-refractivity contribution in [2.24, 2.45) is 23.5 Å². The van der Waals surface area contributed by atoms with Gasteiger partial charge in [0.1, 0.15) is 0 Å². The molecule has 2 aliphatic rings.